The van der Waals surface area contributed by atoms with E-state index in [0.717, 1.165) is 27.5 Å². The van der Waals surface area contributed by atoms with Crippen LogP contribution in [0.25, 0.3) is 22.0 Å². The van der Waals surface area contributed by atoms with Gasteiger partial charge in [-0.2, -0.15) is 0 Å². The molecule has 0 unspecified atom stereocenters. The molecular weight excluding hydrogens is 438 g/mol. The van der Waals surface area contributed by atoms with Crippen molar-refractivity contribution in [2.24, 2.45) is 0 Å². The molecule has 2 aromatic heterocycles. The summed E-state index contributed by atoms with van der Waals surface area (Å²) in [6, 6.07) is 18.5. The maximum Gasteiger partial charge on any atom is 0.337 e. The maximum absolute atomic E-state index is 12.8. The van der Waals surface area contributed by atoms with Crippen molar-refractivity contribution < 1.29 is 19.1 Å². The highest BCUT2D eigenvalue weighted by Gasteiger charge is 2.26. The van der Waals surface area contributed by atoms with Crippen LogP contribution in [0.4, 0.5) is 5.69 Å². The van der Waals surface area contributed by atoms with Crippen LogP contribution in [0, 0.1) is 0 Å². The molecule has 0 saturated carbocycles. The number of fused-ring (bicyclic) bond motifs is 1. The van der Waals surface area contributed by atoms with Crippen molar-refractivity contribution in [3.05, 3.63) is 83.4 Å². The zero-order valence-corrected chi connectivity index (χ0v) is 18.5. The number of methoxy groups -OCH3 is 1. The van der Waals surface area contributed by atoms with Gasteiger partial charge in [-0.1, -0.05) is 18.2 Å². The van der Waals surface area contributed by atoms with Crippen LogP contribution in [0.5, 0.6) is 5.75 Å². The van der Waals surface area contributed by atoms with E-state index < -0.39 is 5.97 Å². The number of hydrogen-bond acceptors (Lipinski definition) is 7. The van der Waals surface area contributed by atoms with Crippen molar-refractivity contribution in [3.63, 3.8) is 0 Å². The third-order valence-electron chi connectivity index (χ3n) is 5.27. The quantitative estimate of drug-likeness (QED) is 0.408. The van der Waals surface area contributed by atoms with Crippen LogP contribution >= 0.6 is 11.3 Å². The molecule has 0 bridgehead atoms. The number of ether oxygens (including phenoxy) is 2. The Hall–Kier alpha value is -4.04. The summed E-state index contributed by atoms with van der Waals surface area (Å²) in [7, 11) is 1.34. The van der Waals surface area contributed by atoms with Crippen LogP contribution in [-0.4, -0.2) is 35.6 Å². The third kappa shape index (κ3) is 4.20. The minimum absolute atomic E-state index is 0.0381. The smallest absolute Gasteiger partial charge is 0.337 e. The SMILES string of the molecule is COC(=O)c1cccc(CN2C(=O)COc3ccc(-c4csc(-c5ccccn5)n4)cc32)c1. The second-order valence-corrected chi connectivity index (χ2v) is 8.25. The molecule has 1 aliphatic heterocycles. The van der Waals surface area contributed by atoms with Gasteiger partial charge in [0.05, 0.1) is 36.3 Å². The minimum atomic E-state index is -0.417. The average molecular weight is 458 g/mol. The van der Waals surface area contributed by atoms with Crippen molar-refractivity contribution in [1.82, 2.24) is 9.97 Å². The van der Waals surface area contributed by atoms with E-state index in [2.05, 4.69) is 4.98 Å². The molecule has 4 aromatic rings. The molecule has 1 amide bonds. The van der Waals surface area contributed by atoms with Crippen LogP contribution in [0.15, 0.2) is 72.2 Å². The van der Waals surface area contributed by atoms with Crippen LogP contribution in [0.2, 0.25) is 0 Å². The first-order valence-corrected chi connectivity index (χ1v) is 11.1. The molecule has 5 rings (SSSR count). The number of nitrogens with zero attached hydrogens (tertiary/aromatic N) is 3. The van der Waals surface area contributed by atoms with Gasteiger partial charge in [0, 0.05) is 17.1 Å². The van der Waals surface area contributed by atoms with Gasteiger partial charge < -0.3 is 14.4 Å². The summed E-state index contributed by atoms with van der Waals surface area (Å²) in [6.07, 6.45) is 1.74. The molecular formula is C25H19N3O4S. The fourth-order valence-electron chi connectivity index (χ4n) is 3.65. The molecule has 8 heteroatoms. The number of thiazole rings is 1. The monoisotopic (exact) mass is 457 g/mol. The van der Waals surface area contributed by atoms with Gasteiger partial charge in [0.2, 0.25) is 0 Å². The van der Waals surface area contributed by atoms with Crippen LogP contribution in [0.1, 0.15) is 15.9 Å². The van der Waals surface area contributed by atoms with E-state index >= 15 is 0 Å². The number of hydrogen-bond donors (Lipinski definition) is 0. The Morgan fingerprint density at radius 1 is 1.12 bits per heavy atom. The molecule has 0 saturated heterocycles. The lowest BCUT2D eigenvalue weighted by Gasteiger charge is -2.30. The summed E-state index contributed by atoms with van der Waals surface area (Å²) in [6.45, 7) is 0.267. The van der Waals surface area contributed by atoms with Crippen LogP contribution < -0.4 is 9.64 Å². The molecule has 0 aliphatic carbocycles. The number of rotatable bonds is 5. The molecule has 2 aromatic carbocycles. The average Bonchev–Trinajstić information content (AvgIpc) is 3.36. The summed E-state index contributed by atoms with van der Waals surface area (Å²) in [5.41, 5.74) is 4.41. The van der Waals surface area contributed by atoms with Gasteiger partial charge >= 0.3 is 5.97 Å². The molecule has 1 aliphatic rings. The second-order valence-electron chi connectivity index (χ2n) is 7.40. The minimum Gasteiger partial charge on any atom is -0.482 e. The van der Waals surface area contributed by atoms with Gasteiger partial charge in [0.15, 0.2) is 6.61 Å². The molecule has 0 radical (unpaired) electrons. The van der Waals surface area contributed by atoms with Crippen molar-refractivity contribution >= 4 is 28.9 Å². The highest BCUT2D eigenvalue weighted by molar-refractivity contribution is 7.13. The summed E-state index contributed by atoms with van der Waals surface area (Å²) < 4.78 is 10.5. The van der Waals surface area contributed by atoms with Gasteiger partial charge in [-0.15, -0.1) is 11.3 Å². The van der Waals surface area contributed by atoms with Crippen molar-refractivity contribution in [3.8, 4) is 27.7 Å². The Bertz CT molecular complexity index is 1340. The Morgan fingerprint density at radius 3 is 2.85 bits per heavy atom. The fraction of sp³-hybridized carbons (Fsp3) is 0.120. The lowest BCUT2D eigenvalue weighted by Crippen LogP contribution is -2.38. The predicted molar refractivity (Wildman–Crippen MR) is 125 cm³/mol. The predicted octanol–water partition coefficient (Wildman–Crippen LogP) is 4.58. The standard InChI is InChI=1S/C25H19N3O4S/c1-31-25(30)18-6-4-5-16(11-18)13-28-21-12-17(8-9-22(21)32-14-23(28)29)20-15-33-24(27-20)19-7-2-3-10-26-19/h2-12,15H,13-14H2,1H3. The van der Waals surface area contributed by atoms with Gasteiger partial charge in [0.25, 0.3) is 5.91 Å². The Morgan fingerprint density at radius 2 is 2.03 bits per heavy atom. The summed E-state index contributed by atoms with van der Waals surface area (Å²) >= 11 is 1.52. The Balaban J connectivity index is 1.47. The van der Waals surface area contributed by atoms with Gasteiger partial charge in [0.1, 0.15) is 10.8 Å². The molecule has 33 heavy (non-hydrogen) atoms. The highest BCUT2D eigenvalue weighted by atomic mass is 32.1. The van der Waals surface area contributed by atoms with Gasteiger partial charge in [-0.05, 0) is 48.0 Å². The van der Waals surface area contributed by atoms with Crippen molar-refractivity contribution in [2.75, 3.05) is 18.6 Å². The number of aromatic nitrogens is 2. The van der Waals surface area contributed by atoms with E-state index in [-0.39, 0.29) is 12.5 Å². The van der Waals surface area contributed by atoms with E-state index in [1.165, 1.54) is 18.4 Å². The molecule has 0 spiro atoms. The first-order valence-electron chi connectivity index (χ1n) is 10.2. The van der Waals surface area contributed by atoms with Crippen LogP contribution in [0.3, 0.4) is 0 Å². The first kappa shape index (κ1) is 20.8. The topological polar surface area (TPSA) is 81.6 Å². The van der Waals surface area contributed by atoms with Gasteiger partial charge in [-0.25, -0.2) is 9.78 Å². The van der Waals surface area contributed by atoms with Crippen molar-refractivity contribution in [1.29, 1.82) is 0 Å². The third-order valence-corrected chi connectivity index (χ3v) is 6.14. The number of anilines is 1. The fourth-order valence-corrected chi connectivity index (χ4v) is 4.45. The van der Waals surface area contributed by atoms with E-state index in [4.69, 9.17) is 14.5 Å². The molecule has 7 nitrogen and oxygen atoms in total. The molecule has 0 N–H and O–H groups in total. The first-order chi connectivity index (χ1) is 16.1. The van der Waals surface area contributed by atoms with Gasteiger partial charge in [-0.3, -0.25) is 9.78 Å². The largest absolute Gasteiger partial charge is 0.482 e. The second kappa shape index (κ2) is 8.84. The molecule has 3 heterocycles. The number of pyridine rings is 1. The lowest BCUT2D eigenvalue weighted by atomic mass is 10.1. The Labute approximate surface area is 194 Å². The normalized spacial score (nSPS) is 12.8. The van der Waals surface area contributed by atoms with E-state index in [1.54, 1.807) is 29.3 Å². The molecule has 164 valence electrons. The highest BCUT2D eigenvalue weighted by Crippen LogP contribution is 2.38. The van der Waals surface area contributed by atoms with Crippen LogP contribution in [-0.2, 0) is 16.1 Å². The molecule has 0 atom stereocenters. The number of amides is 1. The molecule has 0 fully saturated rings. The number of carbonyl (C=O) groups is 2. The zero-order valence-electron chi connectivity index (χ0n) is 17.7. The van der Waals surface area contributed by atoms with Crippen molar-refractivity contribution in [2.45, 2.75) is 6.54 Å². The zero-order chi connectivity index (χ0) is 22.8. The number of esters is 1. The number of benzene rings is 2. The van der Waals surface area contributed by atoms with E-state index in [0.29, 0.717) is 23.5 Å². The van der Waals surface area contributed by atoms with E-state index in [9.17, 15) is 9.59 Å². The van der Waals surface area contributed by atoms with E-state index in [1.807, 2.05) is 47.8 Å². The summed E-state index contributed by atoms with van der Waals surface area (Å²) in [4.78, 5) is 35.4. The summed E-state index contributed by atoms with van der Waals surface area (Å²) in [5, 5.41) is 2.80. The maximum atomic E-state index is 12.8. The lowest BCUT2D eigenvalue weighted by molar-refractivity contribution is -0.121. The Kier molecular flexibility index (Phi) is 5.58. The summed E-state index contributed by atoms with van der Waals surface area (Å²) in [5.74, 6) is 0.0540. The number of carbonyl (C=O) groups excluding carboxylic acids is 2.